The molecule has 0 aromatic carbocycles. The Morgan fingerprint density at radius 3 is 1.26 bits per heavy atom. The van der Waals surface area contributed by atoms with Gasteiger partial charge in [0.15, 0.2) is 0 Å². The molecule has 3 saturated carbocycles. The Labute approximate surface area is 354 Å². The number of piperazine rings is 1. The Balaban J connectivity index is 0.000000117. The van der Waals surface area contributed by atoms with Crippen molar-refractivity contribution >= 4 is 0 Å². The minimum absolute atomic E-state index is 0. The molecule has 58 heavy (non-hydrogen) atoms. The first-order valence-electron chi connectivity index (χ1n) is 23.3. The second-order valence-corrected chi connectivity index (χ2v) is 21.1. The van der Waals surface area contributed by atoms with Gasteiger partial charge in [-0.1, -0.05) is 7.43 Å². The number of likely N-dealkylation sites (N-methyl/N-ethyl adjacent to an activating group) is 2. The summed E-state index contributed by atoms with van der Waals surface area (Å²) in [5.74, 6) is 6.20. The first kappa shape index (κ1) is 47.0. The van der Waals surface area contributed by atoms with Gasteiger partial charge >= 0.3 is 0 Å². The van der Waals surface area contributed by atoms with Crippen molar-refractivity contribution in [3.8, 4) is 0 Å². The number of rotatable bonds is 2. The van der Waals surface area contributed by atoms with Gasteiger partial charge in [0.2, 0.25) is 0 Å². The minimum atomic E-state index is 0. The maximum atomic E-state index is 9.32. The largest absolute Gasteiger partial charge is 0.392 e. The molecule has 12 bridgehead atoms. The molecule has 338 valence electrons. The van der Waals surface area contributed by atoms with E-state index in [9.17, 15) is 5.11 Å². The number of piperidine rings is 7. The maximum absolute atomic E-state index is 9.32. The average Bonchev–Trinajstić information content (AvgIpc) is 3.64. The van der Waals surface area contributed by atoms with Gasteiger partial charge in [-0.15, -0.1) is 0 Å². The molecule has 9 unspecified atom stereocenters. The van der Waals surface area contributed by atoms with Crippen molar-refractivity contribution in [2.45, 2.75) is 101 Å². The smallest absolute Gasteiger partial charge is 0.0731 e. The lowest BCUT2D eigenvalue weighted by atomic mass is 9.68. The number of hydrogen-bond acceptors (Lipinski definition) is 12. The number of likely N-dealkylation sites (tertiary alicyclic amines) is 3. The predicted octanol–water partition coefficient (Wildman–Crippen LogP) is 2.85. The normalized spacial score (nSPS) is 44.7. The third-order valence-electron chi connectivity index (χ3n) is 15.6. The van der Waals surface area contributed by atoms with Crippen LogP contribution in [-0.4, -0.2) is 225 Å². The van der Waals surface area contributed by atoms with Crippen LogP contribution in [0.1, 0.15) is 58.8 Å². The van der Waals surface area contributed by atoms with Gasteiger partial charge in [0.1, 0.15) is 0 Å². The molecular weight excluding hydrogens is 731 g/mol. The van der Waals surface area contributed by atoms with Gasteiger partial charge in [0.05, 0.1) is 43.7 Å². The molecule has 12 heterocycles. The van der Waals surface area contributed by atoms with Crippen molar-refractivity contribution in [3.63, 3.8) is 0 Å². The Kier molecular flexibility index (Phi) is 17.6. The maximum Gasteiger partial charge on any atom is 0.0731 e. The molecular formula is C46H89N7O5. The number of ether oxygens (including phenoxy) is 4. The van der Waals surface area contributed by atoms with Crippen molar-refractivity contribution in [1.29, 1.82) is 0 Å². The van der Waals surface area contributed by atoms with E-state index >= 15 is 0 Å². The fourth-order valence-corrected chi connectivity index (χ4v) is 13.1. The molecule has 12 heteroatoms. The molecule has 13 atom stereocenters. The van der Waals surface area contributed by atoms with E-state index in [0.717, 1.165) is 87.0 Å². The van der Waals surface area contributed by atoms with Crippen LogP contribution in [0.5, 0.6) is 0 Å². The second kappa shape index (κ2) is 21.7. The lowest BCUT2D eigenvalue weighted by Gasteiger charge is -2.51. The van der Waals surface area contributed by atoms with Crippen LogP contribution in [0.4, 0.5) is 0 Å². The highest BCUT2D eigenvalue weighted by atomic mass is 16.5. The summed E-state index contributed by atoms with van der Waals surface area (Å²) in [6.45, 7) is 16.5. The van der Waals surface area contributed by atoms with Crippen LogP contribution in [0.2, 0.25) is 0 Å². The van der Waals surface area contributed by atoms with E-state index in [2.05, 4.69) is 77.0 Å². The zero-order valence-corrected chi connectivity index (χ0v) is 37.5. The van der Waals surface area contributed by atoms with Gasteiger partial charge < -0.3 is 58.8 Å². The number of nitrogens with zero attached hydrogens (tertiary/aromatic N) is 6. The van der Waals surface area contributed by atoms with Crippen LogP contribution in [0, 0.1) is 47.3 Å². The Bertz CT molecular complexity index is 1130. The third-order valence-corrected chi connectivity index (χ3v) is 15.6. The van der Waals surface area contributed by atoms with Crippen LogP contribution >= 0.6 is 0 Å². The topological polar surface area (TPSA) is 88.6 Å². The van der Waals surface area contributed by atoms with Crippen LogP contribution in [0.15, 0.2) is 0 Å². The van der Waals surface area contributed by atoms with E-state index in [1.165, 1.54) is 104 Å². The van der Waals surface area contributed by atoms with E-state index in [4.69, 9.17) is 18.9 Å². The molecule has 15 fully saturated rings. The van der Waals surface area contributed by atoms with Crippen molar-refractivity contribution in [3.05, 3.63) is 0 Å². The molecule has 15 rings (SSSR count). The molecule has 12 aliphatic heterocycles. The summed E-state index contributed by atoms with van der Waals surface area (Å²) in [7, 11) is 16.8. The summed E-state index contributed by atoms with van der Waals surface area (Å²) in [5.41, 5.74) is 0. The number of aliphatic hydroxyl groups excluding tert-OH is 1. The summed E-state index contributed by atoms with van der Waals surface area (Å²) in [4.78, 5) is 14.4. The summed E-state index contributed by atoms with van der Waals surface area (Å²) in [5, 5.41) is 12.9. The van der Waals surface area contributed by atoms with Crippen LogP contribution in [0.3, 0.4) is 0 Å². The monoisotopic (exact) mass is 820 g/mol. The Hall–Kier alpha value is -0.480. The number of aliphatic hydroxyl groups is 1. The van der Waals surface area contributed by atoms with Gasteiger partial charge in [0, 0.05) is 111 Å². The fraction of sp³-hybridized carbons (Fsp3) is 1.00. The molecule has 15 aliphatic rings. The summed E-state index contributed by atoms with van der Waals surface area (Å²) < 4.78 is 21.7. The molecule has 3 aliphatic carbocycles. The van der Waals surface area contributed by atoms with Crippen LogP contribution in [0.25, 0.3) is 0 Å². The van der Waals surface area contributed by atoms with Crippen molar-refractivity contribution in [1.82, 2.24) is 34.7 Å². The molecule has 2 N–H and O–H groups in total. The first-order chi connectivity index (χ1) is 27.4. The summed E-state index contributed by atoms with van der Waals surface area (Å²) in [6.07, 6.45) is 13.3. The zero-order chi connectivity index (χ0) is 40.2. The highest BCUT2D eigenvalue weighted by molar-refractivity contribution is 4.98. The van der Waals surface area contributed by atoms with Gasteiger partial charge in [-0.3, -0.25) is 0 Å². The van der Waals surface area contributed by atoms with E-state index in [1.54, 1.807) is 0 Å². The second-order valence-electron chi connectivity index (χ2n) is 21.1. The average molecular weight is 820 g/mol. The van der Waals surface area contributed by atoms with Crippen molar-refractivity contribution in [2.24, 2.45) is 47.3 Å². The highest BCUT2D eigenvalue weighted by Crippen LogP contribution is 2.41. The van der Waals surface area contributed by atoms with Gasteiger partial charge in [-0.25, -0.2) is 0 Å². The molecule has 12 nitrogen and oxygen atoms in total. The lowest BCUT2D eigenvalue weighted by Crippen LogP contribution is -2.57. The van der Waals surface area contributed by atoms with Crippen LogP contribution in [-0.2, 0) is 18.9 Å². The molecule has 12 saturated heterocycles. The molecule has 0 amide bonds. The zero-order valence-electron chi connectivity index (χ0n) is 37.5. The number of morpholine rings is 1. The van der Waals surface area contributed by atoms with Crippen LogP contribution < -0.4 is 5.32 Å². The van der Waals surface area contributed by atoms with E-state index in [1.807, 2.05) is 14.2 Å². The van der Waals surface area contributed by atoms with E-state index in [0.29, 0.717) is 36.3 Å². The standard InChI is InChI=1S/C9H17NO.2C8H15NO.C7H14N2.C7H13NO.C6H11NO.CH4/c1-10-5-7-3-4-8(6-10)9(7)11-2;1-9-3-7-2-8(4-9)6-10-5-7;1-9-4-6-3-7(5-9)8(6)10-2;1-9-4-6-2-3-7(5-9)8-6;1-8-3-5-2-6(4-8)7(5)9;1-7-3-5-2-6(4-7)8-5;/h7-9H,3-6H2,1-2H3;7-8H,2-6H2,1H3;6-8H,3-5H2,1-2H3;6-8H,2-5H2,1H3;5-7,9H,2-4H2,1H3;5-6H,2-4H2,1H3;1H4/t7-,8+,9?;;;6-,7+;;;. The lowest BCUT2D eigenvalue weighted by molar-refractivity contribution is -0.175. The SMILES string of the molecule is C.CN1CC2CC(C1)C2O.CN1CC2CC(C1)O2.CN1CC2COCC(C2)C1.CN1C[C@H]2CC[C@@H](C1)N2.COC1C2CC1CN(C)C2.COC1[C@@H]2CC[C@H]1CN(C)C2. The highest BCUT2D eigenvalue weighted by Gasteiger charge is 2.46. The van der Waals surface area contributed by atoms with E-state index < -0.39 is 0 Å². The quantitative estimate of drug-likeness (QED) is 0.430. The van der Waals surface area contributed by atoms with E-state index in [-0.39, 0.29) is 13.5 Å². The Morgan fingerprint density at radius 2 is 0.845 bits per heavy atom. The number of nitrogens with one attached hydrogen (secondary N) is 1. The molecule has 0 radical (unpaired) electrons. The molecule has 0 aromatic heterocycles. The molecule has 0 spiro atoms. The van der Waals surface area contributed by atoms with Crippen molar-refractivity contribution < 1.29 is 24.1 Å². The summed E-state index contributed by atoms with van der Waals surface area (Å²) in [6, 6.07) is 1.63. The Morgan fingerprint density at radius 1 is 0.466 bits per heavy atom. The number of hydrogen-bond donors (Lipinski definition) is 2. The number of methoxy groups -OCH3 is 2. The first-order valence-corrected chi connectivity index (χ1v) is 23.3. The van der Waals surface area contributed by atoms with Gasteiger partial charge in [-0.2, -0.15) is 0 Å². The minimum Gasteiger partial charge on any atom is -0.392 e. The van der Waals surface area contributed by atoms with Gasteiger partial charge in [0.25, 0.3) is 0 Å². The van der Waals surface area contributed by atoms with Crippen molar-refractivity contribution in [2.75, 3.05) is 148 Å². The molecule has 0 aromatic rings. The number of fused-ring (bicyclic) bond motifs is 12. The summed E-state index contributed by atoms with van der Waals surface area (Å²) >= 11 is 0. The third kappa shape index (κ3) is 12.4. The predicted molar refractivity (Wildman–Crippen MR) is 234 cm³/mol. The fourth-order valence-electron chi connectivity index (χ4n) is 13.1. The van der Waals surface area contributed by atoms with Gasteiger partial charge in [-0.05, 0) is 135 Å².